The van der Waals surface area contributed by atoms with Gasteiger partial charge in [-0.3, -0.25) is 4.79 Å². The van der Waals surface area contributed by atoms with Gasteiger partial charge in [-0.25, -0.2) is 0 Å². The molecule has 1 aliphatic rings. The van der Waals surface area contributed by atoms with E-state index in [0.717, 1.165) is 25.7 Å². The number of benzene rings is 1. The lowest BCUT2D eigenvalue weighted by molar-refractivity contribution is -0.274. The van der Waals surface area contributed by atoms with E-state index in [2.05, 4.69) is 4.74 Å². The molecule has 0 aromatic heterocycles. The standard InChI is InChI=1S/C15H17F3O3/c1-14(13(19)20,10-4-2-3-5-10)11-6-8-12(9-7-11)21-15(16,17)18/h6-10H,2-5H2,1H3,(H,19,20). The number of alkyl halides is 3. The molecule has 0 heterocycles. The predicted octanol–water partition coefficient (Wildman–Crippen LogP) is 4.12. The number of rotatable bonds is 4. The molecule has 0 radical (unpaired) electrons. The number of carbonyl (C=O) groups is 1. The van der Waals surface area contributed by atoms with Crippen LogP contribution in [0.2, 0.25) is 0 Å². The summed E-state index contributed by atoms with van der Waals surface area (Å²) < 4.78 is 40.2. The first-order chi connectivity index (χ1) is 9.73. The van der Waals surface area contributed by atoms with Gasteiger partial charge < -0.3 is 9.84 Å². The second-order valence-corrected chi connectivity index (χ2v) is 5.56. The molecule has 3 nitrogen and oxygen atoms in total. The van der Waals surface area contributed by atoms with Crippen LogP contribution in [0, 0.1) is 5.92 Å². The number of aliphatic carboxylic acids is 1. The average molecular weight is 302 g/mol. The second-order valence-electron chi connectivity index (χ2n) is 5.56. The van der Waals surface area contributed by atoms with Crippen LogP contribution in [0.3, 0.4) is 0 Å². The van der Waals surface area contributed by atoms with Crippen LogP contribution in [-0.2, 0) is 10.2 Å². The third kappa shape index (κ3) is 3.31. The van der Waals surface area contributed by atoms with E-state index in [-0.39, 0.29) is 11.7 Å². The van der Waals surface area contributed by atoms with Gasteiger partial charge in [-0.15, -0.1) is 13.2 Å². The Morgan fingerprint density at radius 2 is 1.71 bits per heavy atom. The van der Waals surface area contributed by atoms with Crippen LogP contribution in [0.4, 0.5) is 13.2 Å². The summed E-state index contributed by atoms with van der Waals surface area (Å²) in [4.78, 5) is 11.7. The van der Waals surface area contributed by atoms with E-state index in [4.69, 9.17) is 0 Å². The van der Waals surface area contributed by atoms with Gasteiger partial charge in [0.25, 0.3) is 0 Å². The highest BCUT2D eigenvalue weighted by atomic mass is 19.4. The molecule has 1 unspecified atom stereocenters. The molecule has 1 aliphatic carbocycles. The molecule has 1 atom stereocenters. The summed E-state index contributed by atoms with van der Waals surface area (Å²) in [5.74, 6) is -1.28. The summed E-state index contributed by atoms with van der Waals surface area (Å²) in [6.45, 7) is 1.64. The van der Waals surface area contributed by atoms with Crippen molar-refractivity contribution in [1.82, 2.24) is 0 Å². The molecular formula is C15H17F3O3. The van der Waals surface area contributed by atoms with E-state index in [1.807, 2.05) is 0 Å². The van der Waals surface area contributed by atoms with Gasteiger partial charge in [0.1, 0.15) is 5.75 Å². The predicted molar refractivity (Wildman–Crippen MR) is 70.1 cm³/mol. The van der Waals surface area contributed by atoms with Gasteiger partial charge in [-0.05, 0) is 43.4 Å². The highest BCUT2D eigenvalue weighted by Gasteiger charge is 2.44. The Bertz CT molecular complexity index is 504. The smallest absolute Gasteiger partial charge is 0.481 e. The molecule has 116 valence electrons. The minimum atomic E-state index is -4.75. The van der Waals surface area contributed by atoms with Crippen molar-refractivity contribution in [3.63, 3.8) is 0 Å². The number of ether oxygens (including phenoxy) is 1. The molecule has 0 spiro atoms. The summed E-state index contributed by atoms with van der Waals surface area (Å²) in [6.07, 6.45) is -1.12. The molecule has 1 N–H and O–H groups in total. The fraction of sp³-hybridized carbons (Fsp3) is 0.533. The third-order valence-electron chi connectivity index (χ3n) is 4.30. The van der Waals surface area contributed by atoms with Crippen LogP contribution in [0.5, 0.6) is 5.75 Å². The SMILES string of the molecule is CC(C(=O)O)(c1ccc(OC(F)(F)F)cc1)C1CCCC1. The van der Waals surface area contributed by atoms with Gasteiger partial charge >= 0.3 is 12.3 Å². The largest absolute Gasteiger partial charge is 0.573 e. The number of halogens is 3. The number of hydrogen-bond acceptors (Lipinski definition) is 2. The van der Waals surface area contributed by atoms with Gasteiger partial charge in [0.2, 0.25) is 0 Å². The summed E-state index contributed by atoms with van der Waals surface area (Å²) in [5, 5.41) is 9.59. The highest BCUT2D eigenvalue weighted by Crippen LogP contribution is 2.42. The van der Waals surface area contributed by atoms with Gasteiger partial charge in [0.15, 0.2) is 0 Å². The quantitative estimate of drug-likeness (QED) is 0.910. The third-order valence-corrected chi connectivity index (χ3v) is 4.30. The first kappa shape index (κ1) is 15.7. The van der Waals surface area contributed by atoms with Crippen molar-refractivity contribution >= 4 is 5.97 Å². The van der Waals surface area contributed by atoms with Crippen molar-refractivity contribution in [2.24, 2.45) is 5.92 Å². The zero-order valence-corrected chi connectivity index (χ0v) is 11.6. The van der Waals surface area contributed by atoms with E-state index >= 15 is 0 Å². The Morgan fingerprint density at radius 3 is 2.14 bits per heavy atom. The maximum absolute atomic E-state index is 12.1. The molecule has 1 aromatic carbocycles. The summed E-state index contributed by atoms with van der Waals surface area (Å²) >= 11 is 0. The zero-order chi connectivity index (χ0) is 15.7. The Hall–Kier alpha value is -1.72. The maximum atomic E-state index is 12.1. The molecular weight excluding hydrogens is 285 g/mol. The monoisotopic (exact) mass is 302 g/mol. The Labute approximate surface area is 120 Å². The van der Waals surface area contributed by atoms with E-state index in [9.17, 15) is 23.1 Å². The summed E-state index contributed by atoms with van der Waals surface area (Å²) in [5.41, 5.74) is -0.566. The van der Waals surface area contributed by atoms with Gasteiger partial charge in [0, 0.05) is 0 Å². The van der Waals surface area contributed by atoms with Crippen LogP contribution in [0.15, 0.2) is 24.3 Å². The van der Waals surface area contributed by atoms with Crippen LogP contribution in [0.1, 0.15) is 38.2 Å². The Kier molecular flexibility index (Phi) is 4.16. The van der Waals surface area contributed by atoms with E-state index in [1.54, 1.807) is 6.92 Å². The summed E-state index contributed by atoms with van der Waals surface area (Å²) in [6, 6.07) is 5.15. The van der Waals surface area contributed by atoms with Crippen LogP contribution >= 0.6 is 0 Å². The van der Waals surface area contributed by atoms with E-state index < -0.39 is 17.7 Å². The van der Waals surface area contributed by atoms with Crippen molar-refractivity contribution < 1.29 is 27.8 Å². The van der Waals surface area contributed by atoms with Crippen LogP contribution in [0.25, 0.3) is 0 Å². The fourth-order valence-corrected chi connectivity index (χ4v) is 3.04. The molecule has 21 heavy (non-hydrogen) atoms. The molecule has 0 saturated heterocycles. The Balaban J connectivity index is 2.27. The van der Waals surface area contributed by atoms with Crippen molar-refractivity contribution in [3.8, 4) is 5.75 Å². The van der Waals surface area contributed by atoms with Gasteiger partial charge in [-0.2, -0.15) is 0 Å². The first-order valence-electron chi connectivity index (χ1n) is 6.83. The summed E-state index contributed by atoms with van der Waals surface area (Å²) in [7, 11) is 0. The highest BCUT2D eigenvalue weighted by molar-refractivity contribution is 5.81. The molecule has 1 saturated carbocycles. The van der Waals surface area contributed by atoms with Crippen molar-refractivity contribution in [2.45, 2.75) is 44.4 Å². The first-order valence-corrected chi connectivity index (χ1v) is 6.83. The van der Waals surface area contributed by atoms with Crippen LogP contribution < -0.4 is 4.74 Å². The molecule has 0 aliphatic heterocycles. The van der Waals surface area contributed by atoms with Gasteiger partial charge in [0.05, 0.1) is 5.41 Å². The molecule has 0 bridgehead atoms. The minimum Gasteiger partial charge on any atom is -0.481 e. The normalized spacial score (nSPS) is 19.2. The molecule has 1 aromatic rings. The number of carboxylic acid groups (broad SMARTS) is 1. The lowest BCUT2D eigenvalue weighted by Gasteiger charge is -2.32. The van der Waals surface area contributed by atoms with Crippen molar-refractivity contribution in [3.05, 3.63) is 29.8 Å². The Morgan fingerprint density at radius 1 is 1.19 bits per heavy atom. The fourth-order valence-electron chi connectivity index (χ4n) is 3.04. The topological polar surface area (TPSA) is 46.5 Å². The van der Waals surface area contributed by atoms with E-state index in [1.165, 1.54) is 24.3 Å². The lowest BCUT2D eigenvalue weighted by atomic mass is 9.71. The zero-order valence-electron chi connectivity index (χ0n) is 11.6. The molecule has 1 fully saturated rings. The van der Waals surface area contributed by atoms with Crippen molar-refractivity contribution in [2.75, 3.05) is 0 Å². The maximum Gasteiger partial charge on any atom is 0.573 e. The number of hydrogen-bond donors (Lipinski definition) is 1. The lowest BCUT2D eigenvalue weighted by Crippen LogP contribution is -2.39. The molecule has 6 heteroatoms. The average Bonchev–Trinajstić information content (AvgIpc) is 2.90. The second kappa shape index (κ2) is 5.58. The van der Waals surface area contributed by atoms with E-state index in [0.29, 0.717) is 5.56 Å². The molecule has 2 rings (SSSR count). The molecule has 0 amide bonds. The number of carboxylic acids is 1. The minimum absolute atomic E-state index is 0.00406. The van der Waals surface area contributed by atoms with Crippen LogP contribution in [-0.4, -0.2) is 17.4 Å². The van der Waals surface area contributed by atoms with Crippen molar-refractivity contribution in [1.29, 1.82) is 0 Å². The van der Waals surface area contributed by atoms with Gasteiger partial charge in [-0.1, -0.05) is 25.0 Å².